The zero-order valence-electron chi connectivity index (χ0n) is 11.8. The van der Waals surface area contributed by atoms with Crippen molar-refractivity contribution in [1.29, 1.82) is 0 Å². The van der Waals surface area contributed by atoms with Crippen LogP contribution in [0.3, 0.4) is 0 Å². The van der Waals surface area contributed by atoms with Gasteiger partial charge in [0.1, 0.15) is 0 Å². The van der Waals surface area contributed by atoms with Crippen LogP contribution in [0.4, 0.5) is 5.69 Å². The Morgan fingerprint density at radius 3 is 2.59 bits per heavy atom. The molecule has 1 atom stereocenters. The number of nitrogens with two attached hydrogens (primary N) is 1. The molecule has 0 spiro atoms. The first-order valence-electron chi connectivity index (χ1n) is 7.03. The maximum absolute atomic E-state index is 5.78. The SMILES string of the molecule is Nc1ccc(C2NNC(=S)Cc3cc4c(cc32)OCO4)cc1. The monoisotopic (exact) mass is 313 g/mol. The van der Waals surface area contributed by atoms with E-state index in [4.69, 9.17) is 27.4 Å². The van der Waals surface area contributed by atoms with E-state index in [1.165, 1.54) is 0 Å². The van der Waals surface area contributed by atoms with Gasteiger partial charge >= 0.3 is 0 Å². The molecule has 4 rings (SSSR count). The Morgan fingerprint density at radius 2 is 1.82 bits per heavy atom. The van der Waals surface area contributed by atoms with Crippen molar-refractivity contribution in [3.8, 4) is 11.5 Å². The highest BCUT2D eigenvalue weighted by atomic mass is 32.1. The van der Waals surface area contributed by atoms with E-state index < -0.39 is 0 Å². The Hall–Kier alpha value is -2.31. The Balaban J connectivity index is 1.83. The van der Waals surface area contributed by atoms with Crippen LogP contribution in [0, 0.1) is 0 Å². The lowest BCUT2D eigenvalue weighted by Gasteiger charge is -2.20. The van der Waals surface area contributed by atoms with Crippen molar-refractivity contribution in [3.05, 3.63) is 53.1 Å². The van der Waals surface area contributed by atoms with E-state index in [0.717, 1.165) is 38.9 Å². The van der Waals surface area contributed by atoms with Crippen LogP contribution in [0.15, 0.2) is 36.4 Å². The van der Waals surface area contributed by atoms with Crippen LogP contribution < -0.4 is 26.1 Å². The van der Waals surface area contributed by atoms with Gasteiger partial charge in [-0.25, -0.2) is 5.43 Å². The van der Waals surface area contributed by atoms with Gasteiger partial charge in [-0.15, -0.1) is 0 Å². The summed E-state index contributed by atoms with van der Waals surface area (Å²) in [4.78, 5) is 0.748. The lowest BCUT2D eigenvalue weighted by molar-refractivity contribution is 0.174. The van der Waals surface area contributed by atoms with Gasteiger partial charge in [-0.2, -0.15) is 0 Å². The van der Waals surface area contributed by atoms with Crippen molar-refractivity contribution < 1.29 is 9.47 Å². The molecule has 2 aliphatic rings. The van der Waals surface area contributed by atoms with Crippen molar-refractivity contribution in [2.24, 2.45) is 0 Å². The number of hydrazine groups is 1. The van der Waals surface area contributed by atoms with E-state index in [-0.39, 0.29) is 12.8 Å². The Kier molecular flexibility index (Phi) is 3.13. The third-order valence-corrected chi connectivity index (χ3v) is 4.17. The maximum Gasteiger partial charge on any atom is 0.231 e. The first kappa shape index (κ1) is 13.4. The molecule has 0 aromatic heterocycles. The van der Waals surface area contributed by atoms with Gasteiger partial charge in [0.25, 0.3) is 0 Å². The van der Waals surface area contributed by atoms with E-state index in [2.05, 4.69) is 10.9 Å². The minimum absolute atomic E-state index is 0.0365. The quantitative estimate of drug-likeness (QED) is 0.553. The molecule has 2 aromatic carbocycles. The van der Waals surface area contributed by atoms with Crippen LogP contribution in [0.1, 0.15) is 22.7 Å². The normalized spacial score (nSPS) is 19.3. The Bertz CT molecular complexity index is 746. The fourth-order valence-corrected chi connectivity index (χ4v) is 3.03. The van der Waals surface area contributed by atoms with Gasteiger partial charge in [0, 0.05) is 12.1 Å². The lowest BCUT2D eigenvalue weighted by Crippen LogP contribution is -2.37. The smallest absolute Gasteiger partial charge is 0.231 e. The van der Waals surface area contributed by atoms with Gasteiger partial charge < -0.3 is 20.6 Å². The zero-order chi connectivity index (χ0) is 15.1. The van der Waals surface area contributed by atoms with E-state index in [1.807, 2.05) is 36.4 Å². The number of fused-ring (bicyclic) bond motifs is 2. The number of hydrogen-bond acceptors (Lipinski definition) is 5. The second-order valence-electron chi connectivity index (χ2n) is 5.37. The van der Waals surface area contributed by atoms with Crippen LogP contribution in [0.5, 0.6) is 11.5 Å². The van der Waals surface area contributed by atoms with Gasteiger partial charge in [-0.1, -0.05) is 24.4 Å². The molecule has 0 bridgehead atoms. The molecular weight excluding hydrogens is 298 g/mol. The molecule has 0 saturated heterocycles. The average molecular weight is 313 g/mol. The number of anilines is 1. The van der Waals surface area contributed by atoms with E-state index in [9.17, 15) is 0 Å². The Morgan fingerprint density at radius 1 is 1.09 bits per heavy atom. The fourth-order valence-electron chi connectivity index (χ4n) is 2.82. The molecule has 0 radical (unpaired) electrons. The molecule has 1 unspecified atom stereocenters. The molecule has 6 heteroatoms. The van der Waals surface area contributed by atoms with Crippen molar-refractivity contribution >= 4 is 22.9 Å². The summed E-state index contributed by atoms with van der Waals surface area (Å²) in [7, 11) is 0. The average Bonchev–Trinajstić information content (AvgIpc) is 2.89. The highest BCUT2D eigenvalue weighted by Crippen LogP contribution is 2.39. The van der Waals surface area contributed by atoms with Crippen LogP contribution in [0.25, 0.3) is 0 Å². The third kappa shape index (κ3) is 2.26. The molecule has 0 aliphatic carbocycles. The minimum Gasteiger partial charge on any atom is -0.454 e. The number of hydrogen-bond donors (Lipinski definition) is 3. The van der Waals surface area contributed by atoms with Gasteiger partial charge in [0.15, 0.2) is 11.5 Å². The molecule has 2 heterocycles. The van der Waals surface area contributed by atoms with E-state index in [0.29, 0.717) is 6.42 Å². The van der Waals surface area contributed by atoms with Crippen LogP contribution >= 0.6 is 12.2 Å². The summed E-state index contributed by atoms with van der Waals surface area (Å²) in [6.45, 7) is 0.265. The summed E-state index contributed by atoms with van der Waals surface area (Å²) in [5.74, 6) is 1.55. The third-order valence-electron chi connectivity index (χ3n) is 3.92. The largest absolute Gasteiger partial charge is 0.454 e. The maximum atomic E-state index is 5.78. The zero-order valence-corrected chi connectivity index (χ0v) is 12.6. The van der Waals surface area contributed by atoms with Crippen molar-refractivity contribution in [1.82, 2.24) is 10.9 Å². The number of benzene rings is 2. The molecule has 4 N–H and O–H groups in total. The van der Waals surface area contributed by atoms with Gasteiger partial charge in [-0.05, 0) is 41.0 Å². The first-order valence-corrected chi connectivity index (χ1v) is 7.44. The Labute approximate surface area is 133 Å². The topological polar surface area (TPSA) is 68.5 Å². The summed E-state index contributed by atoms with van der Waals surface area (Å²) in [5, 5.41) is 0. The van der Waals surface area contributed by atoms with Crippen LogP contribution in [0.2, 0.25) is 0 Å². The molecule has 5 nitrogen and oxygen atoms in total. The summed E-state index contributed by atoms with van der Waals surface area (Å²) in [6.07, 6.45) is 0.666. The van der Waals surface area contributed by atoms with Crippen molar-refractivity contribution in [2.75, 3.05) is 12.5 Å². The summed E-state index contributed by atoms with van der Waals surface area (Å²) >= 11 is 5.35. The van der Waals surface area contributed by atoms with Crippen molar-refractivity contribution in [2.45, 2.75) is 12.5 Å². The van der Waals surface area contributed by atoms with Crippen LogP contribution in [-0.2, 0) is 6.42 Å². The number of nitrogen functional groups attached to an aromatic ring is 1. The highest BCUT2D eigenvalue weighted by molar-refractivity contribution is 7.80. The predicted molar refractivity (Wildman–Crippen MR) is 87.8 cm³/mol. The molecule has 0 fully saturated rings. The summed E-state index contributed by atoms with van der Waals surface area (Å²) < 4.78 is 11.0. The fraction of sp³-hybridized carbons (Fsp3) is 0.188. The van der Waals surface area contributed by atoms with Gasteiger partial charge in [0.05, 0.1) is 11.0 Å². The summed E-state index contributed by atoms with van der Waals surface area (Å²) in [5.41, 5.74) is 16.3. The molecule has 22 heavy (non-hydrogen) atoms. The van der Waals surface area contributed by atoms with E-state index >= 15 is 0 Å². The first-order chi connectivity index (χ1) is 10.7. The van der Waals surface area contributed by atoms with Gasteiger partial charge in [-0.3, -0.25) is 0 Å². The number of rotatable bonds is 1. The summed E-state index contributed by atoms with van der Waals surface area (Å²) in [6, 6.07) is 11.8. The van der Waals surface area contributed by atoms with Crippen molar-refractivity contribution in [3.63, 3.8) is 0 Å². The molecule has 2 aliphatic heterocycles. The standard InChI is InChI=1S/C16H15N3O2S/c17-11-3-1-9(2-4-11)16-12-7-14-13(20-8-21-14)5-10(12)6-15(22)18-19-16/h1-5,7,16,19H,6,8,17H2,(H,18,22). The van der Waals surface area contributed by atoms with E-state index in [1.54, 1.807) is 0 Å². The number of nitrogens with one attached hydrogen (secondary N) is 2. The molecule has 0 saturated carbocycles. The second-order valence-corrected chi connectivity index (χ2v) is 5.87. The minimum atomic E-state index is -0.0365. The van der Waals surface area contributed by atoms with Gasteiger partial charge in [0.2, 0.25) is 6.79 Å². The predicted octanol–water partition coefficient (Wildman–Crippen LogP) is 2.06. The molecule has 0 amide bonds. The lowest BCUT2D eigenvalue weighted by atomic mass is 9.93. The number of ether oxygens (including phenoxy) is 2. The molecular formula is C16H15N3O2S. The van der Waals surface area contributed by atoms with Crippen LogP contribution in [-0.4, -0.2) is 11.8 Å². The molecule has 112 valence electrons. The number of thiocarbonyl (C=S) groups is 1. The molecule has 2 aromatic rings. The highest BCUT2D eigenvalue weighted by Gasteiger charge is 2.26. The second kappa shape index (κ2) is 5.15.